The predicted molar refractivity (Wildman–Crippen MR) is 252 cm³/mol. The Kier molecular flexibility index (Phi) is 45.0. The van der Waals surface area contributed by atoms with Gasteiger partial charge in [-0.15, -0.1) is 0 Å². The molecule has 0 radical (unpaired) electrons. The number of ether oxygens (including phenoxy) is 2. The van der Waals surface area contributed by atoms with E-state index in [-0.39, 0.29) is 23.8 Å². The van der Waals surface area contributed by atoms with E-state index >= 15 is 0 Å². The van der Waals surface area contributed by atoms with Crippen molar-refractivity contribution in [2.45, 2.75) is 241 Å². The molecule has 0 aromatic carbocycles. The third-order valence-electron chi connectivity index (χ3n) is 11.3. The Morgan fingerprint density at radius 1 is 0.509 bits per heavy atom. The molecule has 0 heterocycles. The molecule has 0 bridgehead atoms. The molecule has 0 aliphatic rings. The lowest BCUT2D eigenvalue weighted by Gasteiger charge is -2.30. The van der Waals surface area contributed by atoms with Crippen LogP contribution in [0.3, 0.4) is 0 Å². The molecule has 0 saturated heterocycles. The second kappa shape index (κ2) is 44.3. The van der Waals surface area contributed by atoms with Crippen molar-refractivity contribution in [3.05, 3.63) is 0 Å². The Bertz CT molecular complexity index is 814. The summed E-state index contributed by atoms with van der Waals surface area (Å²) in [6.07, 6.45) is 31.1. The first kappa shape index (κ1) is 57.8. The molecule has 0 saturated carbocycles. The van der Waals surface area contributed by atoms with Gasteiger partial charge in [-0.25, -0.2) is 0 Å². The number of carbonyl (C=O) groups is 2. The van der Waals surface area contributed by atoms with Crippen LogP contribution in [0.25, 0.3) is 0 Å². The highest BCUT2D eigenvalue weighted by Gasteiger charge is 2.21. The minimum atomic E-state index is -0.00826. The smallest absolute Gasteiger partial charge is 0.308 e. The maximum atomic E-state index is 12.9. The van der Waals surface area contributed by atoms with Crippen molar-refractivity contribution in [2.24, 2.45) is 11.8 Å². The molecule has 0 aliphatic carbocycles. The van der Waals surface area contributed by atoms with E-state index in [1.807, 2.05) is 7.05 Å². The Morgan fingerprint density at radius 3 is 1.16 bits per heavy atom. The topological polar surface area (TPSA) is 71.1 Å². The lowest BCUT2D eigenvalue weighted by Crippen LogP contribution is -2.38. The molecule has 57 heavy (non-hydrogen) atoms. The minimum absolute atomic E-state index is 0.00826. The number of nitrogens with zero attached hydrogens (tertiary/aromatic N) is 2. The van der Waals surface area contributed by atoms with Crippen molar-refractivity contribution < 1.29 is 19.1 Å². The fourth-order valence-corrected chi connectivity index (χ4v) is 7.83. The van der Waals surface area contributed by atoms with Gasteiger partial charge < -0.3 is 19.7 Å². The SMILES string of the molecule is CCCCCCCCC(CCCCCC)C(=O)OCCCN(C=S)CCCOC(=O)C(CCCCCC)CCCCCCCC.CNCCCN(C(C)C)C(C)C. The summed E-state index contributed by atoms with van der Waals surface area (Å²) in [4.78, 5) is 30.5. The quantitative estimate of drug-likeness (QED) is 0.0371. The van der Waals surface area contributed by atoms with Crippen LogP contribution in [0, 0.1) is 11.8 Å². The number of nitrogens with one attached hydrogen (secondary N) is 1. The van der Waals surface area contributed by atoms with Crippen LogP contribution in [-0.4, -0.2) is 85.8 Å². The lowest BCUT2D eigenvalue weighted by molar-refractivity contribution is -0.150. The highest BCUT2D eigenvalue weighted by Crippen LogP contribution is 2.22. The van der Waals surface area contributed by atoms with Crippen molar-refractivity contribution in [3.63, 3.8) is 0 Å². The maximum absolute atomic E-state index is 12.9. The molecular formula is C49H99N3O4S. The zero-order valence-electron chi connectivity index (χ0n) is 39.7. The Balaban J connectivity index is 0. The zero-order chi connectivity index (χ0) is 42.8. The van der Waals surface area contributed by atoms with Gasteiger partial charge in [0.25, 0.3) is 0 Å². The van der Waals surface area contributed by atoms with E-state index < -0.39 is 0 Å². The van der Waals surface area contributed by atoms with Gasteiger partial charge in [0.05, 0.1) is 30.5 Å². The molecule has 0 spiro atoms. The first-order chi connectivity index (χ1) is 27.6. The molecule has 1 N–H and O–H groups in total. The van der Waals surface area contributed by atoms with Gasteiger partial charge in [-0.05, 0) is 92.8 Å². The van der Waals surface area contributed by atoms with Crippen LogP contribution in [0.4, 0.5) is 0 Å². The van der Waals surface area contributed by atoms with E-state index in [0.717, 1.165) is 83.8 Å². The average molecular weight is 826 g/mol. The fourth-order valence-electron chi connectivity index (χ4n) is 7.62. The standard InChI is InChI=1S/C39H75NO4S.C10H24N2/c1-5-9-13-17-19-23-29-36(27-21-15-11-7-3)38(41)43-33-25-31-40(35-45)32-26-34-44-39(42)37(28-22-16-12-8-4)30-24-20-18-14-10-6-2;1-9(2)12(10(3)4)8-6-7-11-5/h35-37H,5-34H2,1-4H3;9-11H,6-8H2,1-5H3. The Morgan fingerprint density at radius 2 is 0.842 bits per heavy atom. The summed E-state index contributed by atoms with van der Waals surface area (Å²) in [6, 6.07) is 1.34. The van der Waals surface area contributed by atoms with Gasteiger partial charge in [0.15, 0.2) is 0 Å². The Labute approximate surface area is 361 Å². The van der Waals surface area contributed by atoms with Crippen molar-refractivity contribution >= 4 is 29.6 Å². The number of unbranched alkanes of at least 4 members (excludes halogenated alkanes) is 16. The molecule has 7 nitrogen and oxygen atoms in total. The summed E-state index contributed by atoms with van der Waals surface area (Å²) in [5.74, 6) is 0.0684. The second-order valence-electron chi connectivity index (χ2n) is 17.3. The predicted octanol–water partition coefficient (Wildman–Crippen LogP) is 13.5. The molecule has 340 valence electrons. The van der Waals surface area contributed by atoms with Gasteiger partial charge in [0, 0.05) is 25.2 Å². The summed E-state index contributed by atoms with van der Waals surface area (Å²) in [5.41, 5.74) is 1.69. The highest BCUT2D eigenvalue weighted by atomic mass is 32.1. The van der Waals surface area contributed by atoms with E-state index in [9.17, 15) is 9.59 Å². The third-order valence-corrected chi connectivity index (χ3v) is 11.6. The number of hydrogen-bond donors (Lipinski definition) is 1. The van der Waals surface area contributed by atoms with Gasteiger partial charge in [-0.1, -0.05) is 168 Å². The molecule has 0 amide bonds. The summed E-state index contributed by atoms with van der Waals surface area (Å²) in [7, 11) is 2.01. The van der Waals surface area contributed by atoms with E-state index in [1.165, 1.54) is 116 Å². The summed E-state index contributed by atoms with van der Waals surface area (Å²) in [6.45, 7) is 22.7. The Hall–Kier alpha value is -1.25. The highest BCUT2D eigenvalue weighted by molar-refractivity contribution is 7.78. The van der Waals surface area contributed by atoms with Gasteiger partial charge in [-0.2, -0.15) is 0 Å². The van der Waals surface area contributed by atoms with Crippen LogP contribution in [0.1, 0.15) is 229 Å². The summed E-state index contributed by atoms with van der Waals surface area (Å²) >= 11 is 5.25. The zero-order valence-corrected chi connectivity index (χ0v) is 40.5. The molecule has 8 heteroatoms. The molecule has 0 aliphatic heterocycles. The summed E-state index contributed by atoms with van der Waals surface area (Å²) < 4.78 is 11.5. The number of rotatable bonds is 41. The van der Waals surface area contributed by atoms with E-state index in [1.54, 1.807) is 5.49 Å². The average Bonchev–Trinajstić information content (AvgIpc) is 3.19. The third kappa shape index (κ3) is 37.5. The molecule has 0 aromatic rings. The van der Waals surface area contributed by atoms with Crippen LogP contribution >= 0.6 is 12.2 Å². The monoisotopic (exact) mass is 826 g/mol. The largest absolute Gasteiger partial charge is 0.465 e. The summed E-state index contributed by atoms with van der Waals surface area (Å²) in [5, 5.41) is 3.17. The number of hydrogen-bond acceptors (Lipinski definition) is 7. The lowest BCUT2D eigenvalue weighted by atomic mass is 9.94. The molecule has 0 fully saturated rings. The van der Waals surface area contributed by atoms with Crippen molar-refractivity contribution in [3.8, 4) is 0 Å². The molecule has 0 aromatic heterocycles. The van der Waals surface area contributed by atoms with Crippen molar-refractivity contribution in [1.82, 2.24) is 15.1 Å². The van der Waals surface area contributed by atoms with Crippen molar-refractivity contribution in [1.29, 1.82) is 0 Å². The van der Waals surface area contributed by atoms with E-state index in [4.69, 9.17) is 21.7 Å². The maximum Gasteiger partial charge on any atom is 0.308 e. The second-order valence-corrected chi connectivity index (χ2v) is 17.5. The van der Waals surface area contributed by atoms with Crippen LogP contribution in [0.5, 0.6) is 0 Å². The first-order valence-corrected chi connectivity index (χ1v) is 25.0. The van der Waals surface area contributed by atoms with Gasteiger partial charge in [-0.3, -0.25) is 14.5 Å². The van der Waals surface area contributed by atoms with Gasteiger partial charge in [0.2, 0.25) is 0 Å². The number of esters is 2. The number of thiocarbonyl (C=S) groups is 1. The van der Waals surface area contributed by atoms with Crippen LogP contribution in [0.2, 0.25) is 0 Å². The minimum Gasteiger partial charge on any atom is -0.465 e. The van der Waals surface area contributed by atoms with Crippen LogP contribution in [0.15, 0.2) is 0 Å². The normalized spacial score (nSPS) is 12.4. The van der Waals surface area contributed by atoms with E-state index in [2.05, 4.69) is 70.5 Å². The fraction of sp³-hybridized carbons (Fsp3) is 0.939. The first-order valence-electron chi connectivity index (χ1n) is 24.6. The van der Waals surface area contributed by atoms with E-state index in [0.29, 0.717) is 25.3 Å². The molecule has 2 unspecified atom stereocenters. The molecule has 2 atom stereocenters. The van der Waals surface area contributed by atoms with Gasteiger partial charge >= 0.3 is 11.9 Å². The van der Waals surface area contributed by atoms with Crippen LogP contribution in [-0.2, 0) is 19.1 Å². The van der Waals surface area contributed by atoms with Gasteiger partial charge in [0.1, 0.15) is 0 Å². The molecule has 0 rings (SSSR count). The molecular weight excluding hydrogens is 727 g/mol. The van der Waals surface area contributed by atoms with Crippen LogP contribution < -0.4 is 5.32 Å². The van der Waals surface area contributed by atoms with Crippen molar-refractivity contribution in [2.75, 3.05) is 46.4 Å². The number of carbonyl (C=O) groups excluding carboxylic acids is 2.